The highest BCUT2D eigenvalue weighted by Gasteiger charge is 2.22. The van der Waals surface area contributed by atoms with E-state index < -0.39 is 0 Å². The second-order valence-corrected chi connectivity index (χ2v) is 10.5. The summed E-state index contributed by atoms with van der Waals surface area (Å²) in [5, 5.41) is 3.97. The van der Waals surface area contributed by atoms with Crippen molar-refractivity contribution in [3.63, 3.8) is 0 Å². The third-order valence-corrected chi connectivity index (χ3v) is 7.47. The molecule has 0 saturated heterocycles. The van der Waals surface area contributed by atoms with Crippen LogP contribution >= 0.6 is 27.3 Å². The minimum absolute atomic E-state index is 0.131. The Hall–Kier alpha value is -2.77. The Bertz CT molecular complexity index is 1340. The molecule has 5 nitrogen and oxygen atoms in total. The van der Waals surface area contributed by atoms with Gasteiger partial charge < -0.3 is 10.2 Å². The molecule has 4 aromatic rings. The van der Waals surface area contributed by atoms with E-state index in [0.29, 0.717) is 16.6 Å². The van der Waals surface area contributed by atoms with Crippen molar-refractivity contribution in [1.29, 1.82) is 0 Å². The van der Waals surface area contributed by atoms with Crippen molar-refractivity contribution in [2.24, 2.45) is 0 Å². The zero-order valence-electron chi connectivity index (χ0n) is 19.7. The van der Waals surface area contributed by atoms with Gasteiger partial charge in [0.05, 0.1) is 10.3 Å². The largest absolute Gasteiger partial charge is 0.329 e. The van der Waals surface area contributed by atoms with Crippen molar-refractivity contribution in [2.75, 3.05) is 17.3 Å². The Morgan fingerprint density at radius 3 is 2.39 bits per heavy atom. The quantitative estimate of drug-likeness (QED) is 0.294. The van der Waals surface area contributed by atoms with Crippen LogP contribution in [-0.2, 0) is 0 Å². The summed E-state index contributed by atoms with van der Waals surface area (Å²) in [6.45, 7) is 10.2. The molecule has 4 rings (SSSR count). The molecule has 0 atom stereocenters. The van der Waals surface area contributed by atoms with Gasteiger partial charge in [-0.15, -0.1) is 11.3 Å². The highest BCUT2D eigenvalue weighted by atomic mass is 79.9. The third-order valence-electron chi connectivity index (χ3n) is 5.79. The van der Waals surface area contributed by atoms with E-state index in [1.165, 1.54) is 16.9 Å². The first kappa shape index (κ1) is 23.4. The van der Waals surface area contributed by atoms with Gasteiger partial charge in [0.15, 0.2) is 0 Å². The van der Waals surface area contributed by atoms with Crippen molar-refractivity contribution < 1.29 is 4.79 Å². The number of rotatable bonds is 5. The van der Waals surface area contributed by atoms with Crippen molar-refractivity contribution >= 4 is 60.6 Å². The van der Waals surface area contributed by atoms with Crippen LogP contribution in [0.15, 0.2) is 46.9 Å². The summed E-state index contributed by atoms with van der Waals surface area (Å²) in [5.41, 5.74) is 5.02. The number of nitrogens with one attached hydrogen (secondary N) is 1. The highest BCUT2D eigenvalue weighted by Crippen LogP contribution is 2.38. The van der Waals surface area contributed by atoms with Crippen LogP contribution in [0.4, 0.5) is 17.2 Å². The van der Waals surface area contributed by atoms with Crippen molar-refractivity contribution in [2.45, 2.75) is 40.5 Å². The van der Waals surface area contributed by atoms with Crippen LogP contribution in [-0.4, -0.2) is 22.9 Å². The van der Waals surface area contributed by atoms with Crippen LogP contribution in [0.5, 0.6) is 0 Å². The molecule has 0 aliphatic carbocycles. The van der Waals surface area contributed by atoms with Gasteiger partial charge in [-0.3, -0.25) is 4.79 Å². The van der Waals surface area contributed by atoms with E-state index in [0.717, 1.165) is 43.0 Å². The monoisotopic (exact) mass is 522 g/mol. The second-order valence-electron chi connectivity index (χ2n) is 8.55. The molecule has 0 fully saturated rings. The number of thiophene rings is 1. The molecule has 0 saturated carbocycles. The molecular formula is C26H27BrN4OS. The number of carbonyl (C=O) groups is 1. The van der Waals surface area contributed by atoms with Gasteiger partial charge in [0.1, 0.15) is 16.5 Å². The summed E-state index contributed by atoms with van der Waals surface area (Å²) in [5.74, 6) is 1.84. The summed E-state index contributed by atoms with van der Waals surface area (Å²) < 4.78 is 0.982. The second kappa shape index (κ2) is 9.23. The molecule has 0 aliphatic rings. The summed E-state index contributed by atoms with van der Waals surface area (Å²) in [7, 11) is 2.01. The number of benzene rings is 2. The van der Waals surface area contributed by atoms with E-state index in [4.69, 9.17) is 4.98 Å². The van der Waals surface area contributed by atoms with E-state index in [1.54, 1.807) is 0 Å². The van der Waals surface area contributed by atoms with Crippen molar-refractivity contribution in [1.82, 2.24) is 9.97 Å². The molecule has 0 bridgehead atoms. The van der Waals surface area contributed by atoms with E-state index in [2.05, 4.69) is 69.2 Å². The topological polar surface area (TPSA) is 58.1 Å². The molecule has 0 spiro atoms. The van der Waals surface area contributed by atoms with Gasteiger partial charge in [-0.1, -0.05) is 41.9 Å². The zero-order valence-corrected chi connectivity index (χ0v) is 22.1. The Balaban J connectivity index is 1.74. The normalized spacial score (nSPS) is 11.3. The van der Waals surface area contributed by atoms with E-state index in [9.17, 15) is 4.79 Å². The molecule has 2 heterocycles. The fourth-order valence-electron chi connectivity index (χ4n) is 3.83. The number of halogens is 1. The predicted octanol–water partition coefficient (Wildman–Crippen LogP) is 7.52. The SMILES string of the molecule is Cc1nc(N(C)c2ccc(C(C)C)cc2)c2c(C)c(C(=O)Nc3ccc(Br)cc3C)sc2n1. The molecule has 33 heavy (non-hydrogen) atoms. The van der Waals surface area contributed by atoms with Gasteiger partial charge >= 0.3 is 0 Å². The van der Waals surface area contributed by atoms with Crippen molar-refractivity contribution in [3.8, 4) is 0 Å². The lowest BCUT2D eigenvalue weighted by Gasteiger charge is -2.20. The fraction of sp³-hybridized carbons (Fsp3) is 0.269. The van der Waals surface area contributed by atoms with Gasteiger partial charge in [-0.25, -0.2) is 9.97 Å². The van der Waals surface area contributed by atoms with E-state index >= 15 is 0 Å². The average Bonchev–Trinajstić information content (AvgIpc) is 3.10. The number of carbonyl (C=O) groups excluding carboxylic acids is 1. The highest BCUT2D eigenvalue weighted by molar-refractivity contribution is 9.10. The summed E-state index contributed by atoms with van der Waals surface area (Å²) in [6, 6.07) is 14.4. The molecule has 1 amide bonds. The Labute approximate surface area is 207 Å². The van der Waals surface area contributed by atoms with Crippen molar-refractivity contribution in [3.05, 3.63) is 74.3 Å². The van der Waals surface area contributed by atoms with Gasteiger partial charge in [-0.05, 0) is 73.7 Å². The fourth-order valence-corrected chi connectivity index (χ4v) is 5.42. The zero-order chi connectivity index (χ0) is 23.9. The number of aryl methyl sites for hydroxylation is 3. The minimum Gasteiger partial charge on any atom is -0.329 e. The maximum atomic E-state index is 13.2. The number of aromatic nitrogens is 2. The average molecular weight is 524 g/mol. The molecule has 0 unspecified atom stereocenters. The first-order valence-electron chi connectivity index (χ1n) is 10.8. The third kappa shape index (κ3) is 4.66. The smallest absolute Gasteiger partial charge is 0.266 e. The van der Waals surface area contributed by atoms with E-state index in [1.807, 2.05) is 46.0 Å². The molecule has 2 aromatic heterocycles. The van der Waals surface area contributed by atoms with Crippen LogP contribution in [0.3, 0.4) is 0 Å². The number of amides is 1. The molecule has 2 aromatic carbocycles. The number of fused-ring (bicyclic) bond motifs is 1. The maximum absolute atomic E-state index is 13.2. The Kier molecular flexibility index (Phi) is 6.54. The van der Waals surface area contributed by atoms with Gasteiger partial charge in [0, 0.05) is 22.9 Å². The van der Waals surface area contributed by atoms with Gasteiger partial charge in [0.25, 0.3) is 5.91 Å². The Morgan fingerprint density at radius 1 is 1.06 bits per heavy atom. The number of hydrogen-bond donors (Lipinski definition) is 1. The van der Waals surface area contributed by atoms with Crippen LogP contribution in [0.1, 0.15) is 52.0 Å². The van der Waals surface area contributed by atoms with Gasteiger partial charge in [-0.2, -0.15) is 0 Å². The first-order valence-corrected chi connectivity index (χ1v) is 12.5. The molecule has 0 aliphatic heterocycles. The number of nitrogens with zero attached hydrogens (tertiary/aromatic N) is 3. The van der Waals surface area contributed by atoms with Crippen LogP contribution < -0.4 is 10.2 Å². The first-order chi connectivity index (χ1) is 15.7. The number of anilines is 3. The van der Waals surface area contributed by atoms with Crippen LogP contribution in [0.2, 0.25) is 0 Å². The summed E-state index contributed by atoms with van der Waals surface area (Å²) in [4.78, 5) is 26.1. The number of hydrogen-bond acceptors (Lipinski definition) is 5. The lowest BCUT2D eigenvalue weighted by atomic mass is 10.0. The lowest BCUT2D eigenvalue weighted by molar-refractivity contribution is 0.103. The van der Waals surface area contributed by atoms with Gasteiger partial charge in [0.2, 0.25) is 0 Å². The maximum Gasteiger partial charge on any atom is 0.266 e. The predicted molar refractivity (Wildman–Crippen MR) is 142 cm³/mol. The summed E-state index contributed by atoms with van der Waals surface area (Å²) >= 11 is 4.88. The van der Waals surface area contributed by atoms with E-state index in [-0.39, 0.29) is 5.91 Å². The molecule has 170 valence electrons. The van der Waals surface area contributed by atoms with Crippen LogP contribution in [0.25, 0.3) is 10.2 Å². The lowest BCUT2D eigenvalue weighted by Crippen LogP contribution is -2.14. The molecule has 7 heteroatoms. The molecule has 1 N–H and O–H groups in total. The standard InChI is InChI=1S/C26H27BrN4OS/c1-14(2)18-7-10-20(11-8-18)31(6)24-22-16(4)23(33-26(22)29-17(5)28-24)25(32)30-21-12-9-19(27)13-15(21)3/h7-14H,1-6H3,(H,30,32). The Morgan fingerprint density at radius 2 is 1.76 bits per heavy atom. The molecule has 0 radical (unpaired) electrons. The molecular weight excluding hydrogens is 496 g/mol. The van der Waals surface area contributed by atoms with Crippen LogP contribution in [0, 0.1) is 20.8 Å². The summed E-state index contributed by atoms with van der Waals surface area (Å²) in [6.07, 6.45) is 0. The minimum atomic E-state index is -0.131.